The third-order valence-electron chi connectivity index (χ3n) is 16.0. The standard InChI is InChI=1S/C53H58N6O17S/c1-57(2)20-21-8-12-32(75-7)27(14-21)25-10-13-33(37-28(25)16-24-18-30-41(59(5)6)45(64)39(51(55)70)49(68)53(30,72)47(66)35(24)43(37)62)76-77(73,74)56-19-22-9-11-31(60)36-26(22)15-23-17-29-40(58(3)4)44(63)38(50(54)69)48(67)52(29,71)46(65)34(23)42(36)61/h8-14,23-24,29-30,40-41,56,60-62,67-68,71-72H,15-20H2,1-7H3,(H2,54,69)(H2,55,70)/t23-,24-,29-,30-,40-,41-,52-,53-/m0/s1. The molecule has 2 saturated carbocycles. The number of likely N-dealkylation sites (N-methyl/N-ethyl adjacent to an activating group) is 2. The van der Waals surface area contributed by atoms with E-state index in [9.17, 15) is 72.9 Å². The summed E-state index contributed by atoms with van der Waals surface area (Å²) < 4.78 is 42.4. The van der Waals surface area contributed by atoms with E-state index in [1.165, 1.54) is 57.2 Å². The Hall–Kier alpha value is -7.45. The predicted molar refractivity (Wildman–Crippen MR) is 273 cm³/mol. The Labute approximate surface area is 441 Å². The number of aliphatic hydroxyl groups excluding tert-OH is 4. The molecular formula is C53H58N6O17S. The van der Waals surface area contributed by atoms with Crippen LogP contribution in [0.1, 0.15) is 46.2 Å². The van der Waals surface area contributed by atoms with Gasteiger partial charge in [0.2, 0.25) is 11.6 Å². The fraction of sp³-hybridized carbons (Fsp3) is 0.396. The number of nitrogens with zero attached hydrogens (tertiary/aromatic N) is 3. The van der Waals surface area contributed by atoms with Gasteiger partial charge in [0.15, 0.2) is 28.5 Å². The van der Waals surface area contributed by atoms with Gasteiger partial charge in [-0.1, -0.05) is 18.2 Å². The fourth-order valence-electron chi connectivity index (χ4n) is 12.8. The van der Waals surface area contributed by atoms with Gasteiger partial charge in [0.1, 0.15) is 45.7 Å². The lowest BCUT2D eigenvalue weighted by atomic mass is 9.57. The van der Waals surface area contributed by atoms with Gasteiger partial charge in [0.25, 0.3) is 11.8 Å². The number of carbonyl (C=O) groups is 6. The van der Waals surface area contributed by atoms with E-state index in [0.29, 0.717) is 23.4 Å². The van der Waals surface area contributed by atoms with E-state index >= 15 is 0 Å². The van der Waals surface area contributed by atoms with Gasteiger partial charge < -0.3 is 61.0 Å². The van der Waals surface area contributed by atoms with Gasteiger partial charge in [0, 0.05) is 41.6 Å². The molecule has 6 aliphatic rings. The number of carbonyl (C=O) groups excluding carboxylic acids is 6. The summed E-state index contributed by atoms with van der Waals surface area (Å²) >= 11 is 0. The topological polar surface area (TPSA) is 370 Å². The molecule has 0 saturated heterocycles. The summed E-state index contributed by atoms with van der Waals surface area (Å²) in [5.41, 5.74) is 4.04. The first kappa shape index (κ1) is 54.3. The van der Waals surface area contributed by atoms with E-state index in [1.54, 1.807) is 12.1 Å². The molecule has 3 aromatic rings. The minimum Gasteiger partial charge on any atom is -0.508 e. The zero-order valence-electron chi connectivity index (χ0n) is 42.9. The van der Waals surface area contributed by atoms with Gasteiger partial charge in [0.05, 0.1) is 30.3 Å². The molecule has 0 aliphatic heterocycles. The number of nitrogens with two attached hydrogens (primary N) is 2. The molecule has 0 radical (unpaired) electrons. The highest BCUT2D eigenvalue weighted by Gasteiger charge is 2.66. The summed E-state index contributed by atoms with van der Waals surface area (Å²) in [4.78, 5) is 86.3. The summed E-state index contributed by atoms with van der Waals surface area (Å²) in [6, 6.07) is 8.00. The van der Waals surface area contributed by atoms with Crippen molar-refractivity contribution in [2.75, 3.05) is 49.4 Å². The van der Waals surface area contributed by atoms with Crippen LogP contribution in [0.3, 0.4) is 0 Å². The summed E-state index contributed by atoms with van der Waals surface area (Å²) in [7, 11) is 6.08. The molecular weight excluding hydrogens is 1020 g/mol. The summed E-state index contributed by atoms with van der Waals surface area (Å²) in [5.74, 6) is -16.7. The first-order valence-corrected chi connectivity index (χ1v) is 25.7. The molecule has 0 bridgehead atoms. The number of aromatic hydroxyl groups is 1. The highest BCUT2D eigenvalue weighted by atomic mass is 32.2. The van der Waals surface area contributed by atoms with Crippen LogP contribution < -0.4 is 25.1 Å². The first-order valence-electron chi connectivity index (χ1n) is 24.3. The largest absolute Gasteiger partial charge is 0.508 e. The number of hydrogen-bond donors (Lipinski definition) is 10. The Balaban J connectivity index is 1.12. The molecule has 23 nitrogen and oxygen atoms in total. The number of ketones is 4. The zero-order chi connectivity index (χ0) is 56.4. The van der Waals surface area contributed by atoms with Crippen LogP contribution in [-0.4, -0.2) is 166 Å². The molecule has 3 aromatic carbocycles. The molecule has 0 unspecified atom stereocenters. The number of methoxy groups -OCH3 is 1. The second-order valence-electron chi connectivity index (χ2n) is 21.1. The van der Waals surface area contributed by atoms with Crippen LogP contribution in [0.2, 0.25) is 0 Å². The van der Waals surface area contributed by atoms with Crippen molar-refractivity contribution in [3.05, 3.63) is 110 Å². The predicted octanol–water partition coefficient (Wildman–Crippen LogP) is 0.686. The fourth-order valence-corrected chi connectivity index (χ4v) is 13.5. The molecule has 6 aliphatic carbocycles. The Morgan fingerprint density at radius 2 is 1.18 bits per heavy atom. The highest BCUT2D eigenvalue weighted by Crippen LogP contribution is 2.56. The van der Waals surface area contributed by atoms with E-state index in [1.807, 2.05) is 31.1 Å². The average molecular weight is 1080 g/mol. The maximum absolute atomic E-state index is 14.9. The van der Waals surface area contributed by atoms with Gasteiger partial charge in [-0.05, 0) is 132 Å². The van der Waals surface area contributed by atoms with E-state index in [0.717, 1.165) is 11.6 Å². The van der Waals surface area contributed by atoms with Crippen molar-refractivity contribution < 1.29 is 81.9 Å². The minimum absolute atomic E-state index is 0.123. The second-order valence-corrected chi connectivity index (χ2v) is 22.5. The second kappa shape index (κ2) is 18.9. The third kappa shape index (κ3) is 8.19. The third-order valence-corrected chi connectivity index (χ3v) is 16.9. The molecule has 9 rings (SSSR count). The lowest BCUT2D eigenvalue weighted by Crippen LogP contribution is -2.65. The van der Waals surface area contributed by atoms with Gasteiger partial charge in [-0.3, -0.25) is 38.6 Å². The number of nitrogens with one attached hydrogen (secondary N) is 1. The summed E-state index contributed by atoms with van der Waals surface area (Å²) in [6.07, 6.45) is -0.743. The summed E-state index contributed by atoms with van der Waals surface area (Å²) in [6.45, 7) is -0.103. The Kier molecular flexibility index (Phi) is 13.4. The monoisotopic (exact) mass is 1080 g/mol. The molecule has 77 heavy (non-hydrogen) atoms. The lowest BCUT2D eigenvalue weighted by molar-refractivity contribution is -0.155. The minimum atomic E-state index is -5.00. The molecule has 0 aromatic heterocycles. The number of phenolic OH excluding ortho intramolecular Hbond substituents is 1. The van der Waals surface area contributed by atoms with Gasteiger partial charge in [-0.2, -0.15) is 13.1 Å². The first-order chi connectivity index (χ1) is 36.0. The van der Waals surface area contributed by atoms with Gasteiger partial charge >= 0.3 is 10.3 Å². The van der Waals surface area contributed by atoms with Crippen molar-refractivity contribution >= 4 is 56.8 Å². The molecule has 2 fully saturated rings. The number of Topliss-reactive ketones (excluding diaryl/α,β-unsaturated/α-hetero) is 4. The highest BCUT2D eigenvalue weighted by molar-refractivity contribution is 7.85. The van der Waals surface area contributed by atoms with Gasteiger partial charge in [-0.25, -0.2) is 0 Å². The normalized spacial score (nSPS) is 27.1. The van der Waals surface area contributed by atoms with Crippen molar-refractivity contribution in [1.29, 1.82) is 0 Å². The van der Waals surface area contributed by atoms with Crippen molar-refractivity contribution in [1.82, 2.24) is 19.4 Å². The van der Waals surface area contributed by atoms with Crippen molar-refractivity contribution in [2.45, 2.75) is 62.1 Å². The van der Waals surface area contributed by atoms with Gasteiger partial charge in [-0.15, -0.1) is 0 Å². The Morgan fingerprint density at radius 1 is 0.688 bits per heavy atom. The van der Waals surface area contributed by atoms with Crippen LogP contribution in [0.4, 0.5) is 0 Å². The number of rotatable bonds is 13. The van der Waals surface area contributed by atoms with Crippen LogP contribution in [0.15, 0.2) is 76.3 Å². The van der Waals surface area contributed by atoms with E-state index in [2.05, 4.69) is 4.72 Å². The maximum Gasteiger partial charge on any atom is 0.382 e. The number of phenols is 1. The Bertz CT molecular complexity index is 3430. The zero-order valence-corrected chi connectivity index (χ0v) is 43.7. The Morgan fingerprint density at radius 3 is 1.66 bits per heavy atom. The van der Waals surface area contributed by atoms with E-state index in [-0.39, 0.29) is 53.5 Å². The van der Waals surface area contributed by atoms with Crippen LogP contribution in [0.5, 0.6) is 17.2 Å². The number of fused-ring (bicyclic) bond motifs is 6. The molecule has 8 atom stereocenters. The quantitative estimate of drug-likeness (QED) is 0.105. The van der Waals surface area contributed by atoms with Crippen molar-refractivity contribution in [2.24, 2.45) is 35.1 Å². The van der Waals surface area contributed by atoms with E-state index < -0.39 is 156 Å². The number of primary amides is 2. The van der Waals surface area contributed by atoms with Crippen LogP contribution in [-0.2, 0) is 65.0 Å². The number of ether oxygens (including phenoxy) is 1. The van der Waals surface area contributed by atoms with Crippen molar-refractivity contribution in [3.63, 3.8) is 0 Å². The van der Waals surface area contributed by atoms with E-state index in [4.69, 9.17) is 20.4 Å². The summed E-state index contributed by atoms with van der Waals surface area (Å²) in [5, 5.41) is 82.4. The number of benzene rings is 3. The van der Waals surface area contributed by atoms with Crippen LogP contribution in [0.25, 0.3) is 22.6 Å². The van der Waals surface area contributed by atoms with Crippen LogP contribution in [0, 0.1) is 23.7 Å². The van der Waals surface area contributed by atoms with Crippen molar-refractivity contribution in [3.8, 4) is 28.4 Å². The smallest absolute Gasteiger partial charge is 0.382 e. The molecule has 0 heterocycles. The molecule has 12 N–H and O–H groups in total. The molecule has 408 valence electrons. The lowest BCUT2D eigenvalue weighted by Gasteiger charge is -2.50. The van der Waals surface area contributed by atoms with Crippen LogP contribution >= 0.6 is 0 Å². The number of hydrogen-bond acceptors (Lipinski definition) is 20. The number of amides is 2. The SMILES string of the molecule is COc1ccc(CN(C)C)cc1-c1ccc(OS(=O)(=O)NCc2ccc(O)c3c2C[C@H]2C[C@H]4[C@H](N(C)C)C(=O)C(C(N)=O)=C(O)[C@@]4(O)C(=O)C2=C3O)c2c1C[C@H]1C[C@H]3[C@H](N(C)C)C(=O)C(C(N)=O)=C(O)[C@@]3(O)C(=O)C1=C2O. The molecule has 2 amide bonds. The molecule has 24 heteroatoms. The average Bonchev–Trinajstić information content (AvgIpc) is 3.47. The maximum atomic E-state index is 14.9. The number of aliphatic hydroxyl groups is 6. The molecule has 0 spiro atoms.